The fourth-order valence-corrected chi connectivity index (χ4v) is 2.84. The van der Waals surface area contributed by atoms with Gasteiger partial charge in [0.25, 0.3) is 5.91 Å². The number of carboxylic acids is 1. The summed E-state index contributed by atoms with van der Waals surface area (Å²) in [5.74, 6) is 0.284. The molecule has 24 heavy (non-hydrogen) atoms. The van der Waals surface area contributed by atoms with Crippen LogP contribution in [-0.4, -0.2) is 46.0 Å². The highest BCUT2D eigenvalue weighted by Crippen LogP contribution is 2.18. The highest BCUT2D eigenvalue weighted by atomic mass is 16.4. The molecule has 1 unspecified atom stereocenters. The average molecular weight is 333 g/mol. The van der Waals surface area contributed by atoms with Crippen molar-refractivity contribution < 1.29 is 14.7 Å². The molecule has 1 aliphatic heterocycles. The third-order valence-corrected chi connectivity index (χ3v) is 4.55. The van der Waals surface area contributed by atoms with E-state index >= 15 is 0 Å². The molecule has 2 heterocycles. The lowest BCUT2D eigenvalue weighted by molar-refractivity contribution is -0.138. The average Bonchev–Trinajstić information content (AvgIpc) is 2.59. The topological polar surface area (TPSA) is 82.5 Å². The third kappa shape index (κ3) is 4.94. The first-order valence-electron chi connectivity index (χ1n) is 8.76. The number of rotatable bonds is 7. The number of aromatic nitrogens is 1. The normalized spacial score (nSPS) is 16.7. The van der Waals surface area contributed by atoms with Crippen LogP contribution < -0.4 is 5.32 Å². The van der Waals surface area contributed by atoms with E-state index in [0.717, 1.165) is 38.8 Å². The van der Waals surface area contributed by atoms with Gasteiger partial charge in [-0.3, -0.25) is 4.79 Å². The zero-order chi connectivity index (χ0) is 17.5. The largest absolute Gasteiger partial charge is 0.480 e. The lowest BCUT2D eigenvalue weighted by atomic mass is 9.99. The number of hydrogen-bond acceptors (Lipinski definition) is 4. The lowest BCUT2D eigenvalue weighted by Crippen LogP contribution is -2.38. The minimum atomic E-state index is -0.882. The standard InChI is InChI=1S/C18H27N3O3/c1-3-4-5-15(18(23)24)20-16-7-6-14(12-19-16)17(22)21-10-8-13(2)9-11-21/h6-7,12-13,15H,3-5,8-11H2,1-2H3,(H,19,20)(H,23,24). The predicted octanol–water partition coefficient (Wildman–Crippen LogP) is 3.01. The first-order chi connectivity index (χ1) is 11.5. The first-order valence-corrected chi connectivity index (χ1v) is 8.76. The van der Waals surface area contributed by atoms with Crippen LogP contribution in [0.25, 0.3) is 0 Å². The van der Waals surface area contributed by atoms with Gasteiger partial charge in [-0.2, -0.15) is 0 Å². The van der Waals surface area contributed by atoms with Crippen molar-refractivity contribution in [3.8, 4) is 0 Å². The number of carboxylic acid groups (broad SMARTS) is 1. The number of nitrogens with zero attached hydrogens (tertiary/aromatic N) is 2. The van der Waals surface area contributed by atoms with Gasteiger partial charge in [0.2, 0.25) is 0 Å². The molecule has 0 bridgehead atoms. The van der Waals surface area contributed by atoms with E-state index in [1.807, 2.05) is 11.8 Å². The molecule has 0 spiro atoms. The molecular weight excluding hydrogens is 306 g/mol. The van der Waals surface area contributed by atoms with Gasteiger partial charge < -0.3 is 15.3 Å². The summed E-state index contributed by atoms with van der Waals surface area (Å²) in [6.07, 6.45) is 5.95. The Kier molecular flexibility index (Phi) is 6.58. The molecule has 2 N–H and O–H groups in total. The summed E-state index contributed by atoms with van der Waals surface area (Å²) in [6.45, 7) is 5.82. The van der Waals surface area contributed by atoms with Gasteiger partial charge >= 0.3 is 5.97 Å². The number of nitrogens with one attached hydrogen (secondary N) is 1. The molecule has 2 rings (SSSR count). The van der Waals surface area contributed by atoms with Crippen molar-refractivity contribution in [3.63, 3.8) is 0 Å². The summed E-state index contributed by atoms with van der Waals surface area (Å²) in [4.78, 5) is 29.8. The summed E-state index contributed by atoms with van der Waals surface area (Å²) in [7, 11) is 0. The molecule has 0 aliphatic carbocycles. The summed E-state index contributed by atoms with van der Waals surface area (Å²) >= 11 is 0. The lowest BCUT2D eigenvalue weighted by Gasteiger charge is -2.30. The Balaban J connectivity index is 1.96. The number of carbonyl (C=O) groups is 2. The maximum atomic E-state index is 12.5. The SMILES string of the molecule is CCCCC(Nc1ccc(C(=O)N2CCC(C)CC2)cn1)C(=O)O. The fourth-order valence-electron chi connectivity index (χ4n) is 2.84. The van der Waals surface area contributed by atoms with Crippen molar-refractivity contribution in [1.82, 2.24) is 9.88 Å². The van der Waals surface area contributed by atoms with Crippen molar-refractivity contribution in [2.45, 2.75) is 52.0 Å². The monoisotopic (exact) mass is 333 g/mol. The molecule has 6 nitrogen and oxygen atoms in total. The van der Waals surface area contributed by atoms with Crippen LogP contribution in [0.5, 0.6) is 0 Å². The summed E-state index contributed by atoms with van der Waals surface area (Å²) in [5.41, 5.74) is 0.551. The van der Waals surface area contributed by atoms with E-state index in [4.69, 9.17) is 0 Å². The van der Waals surface area contributed by atoms with Crippen LogP contribution in [-0.2, 0) is 4.79 Å². The molecule has 1 fully saturated rings. The predicted molar refractivity (Wildman–Crippen MR) is 93.1 cm³/mol. The fraction of sp³-hybridized carbons (Fsp3) is 0.611. The minimum Gasteiger partial charge on any atom is -0.480 e. The second-order valence-corrected chi connectivity index (χ2v) is 6.58. The molecule has 0 radical (unpaired) electrons. The van der Waals surface area contributed by atoms with Crippen LogP contribution >= 0.6 is 0 Å². The molecule has 1 amide bonds. The Morgan fingerprint density at radius 2 is 2.08 bits per heavy atom. The van der Waals surface area contributed by atoms with E-state index < -0.39 is 12.0 Å². The number of pyridine rings is 1. The van der Waals surface area contributed by atoms with Crippen molar-refractivity contribution in [2.75, 3.05) is 18.4 Å². The number of likely N-dealkylation sites (tertiary alicyclic amines) is 1. The molecule has 1 aliphatic rings. The second-order valence-electron chi connectivity index (χ2n) is 6.58. The molecular formula is C18H27N3O3. The number of aliphatic carboxylic acids is 1. The van der Waals surface area contributed by atoms with Gasteiger partial charge in [0.15, 0.2) is 0 Å². The van der Waals surface area contributed by atoms with Crippen molar-refractivity contribution in [1.29, 1.82) is 0 Å². The zero-order valence-electron chi connectivity index (χ0n) is 14.5. The minimum absolute atomic E-state index is 0.00159. The smallest absolute Gasteiger partial charge is 0.326 e. The van der Waals surface area contributed by atoms with Crippen LogP contribution in [0.4, 0.5) is 5.82 Å². The summed E-state index contributed by atoms with van der Waals surface area (Å²) < 4.78 is 0. The molecule has 0 aromatic carbocycles. The van der Waals surface area contributed by atoms with E-state index in [2.05, 4.69) is 17.2 Å². The maximum absolute atomic E-state index is 12.5. The van der Waals surface area contributed by atoms with Gasteiger partial charge in [-0.05, 0) is 37.3 Å². The molecule has 1 atom stereocenters. The molecule has 1 aromatic heterocycles. The van der Waals surface area contributed by atoms with E-state index in [-0.39, 0.29) is 5.91 Å². The summed E-state index contributed by atoms with van der Waals surface area (Å²) in [6, 6.07) is 2.75. The zero-order valence-corrected chi connectivity index (χ0v) is 14.5. The van der Waals surface area contributed by atoms with E-state index in [0.29, 0.717) is 23.7 Å². The van der Waals surface area contributed by atoms with Gasteiger partial charge in [-0.15, -0.1) is 0 Å². The van der Waals surface area contributed by atoms with E-state index in [1.54, 1.807) is 12.1 Å². The number of unbranched alkanes of at least 4 members (excludes halogenated alkanes) is 1. The van der Waals surface area contributed by atoms with Crippen molar-refractivity contribution in [3.05, 3.63) is 23.9 Å². The molecule has 132 valence electrons. The van der Waals surface area contributed by atoms with Crippen LogP contribution in [0.15, 0.2) is 18.3 Å². The van der Waals surface area contributed by atoms with E-state index in [9.17, 15) is 14.7 Å². The Bertz CT molecular complexity index is 551. The van der Waals surface area contributed by atoms with E-state index in [1.165, 1.54) is 6.20 Å². The van der Waals surface area contributed by atoms with Crippen LogP contribution in [0, 0.1) is 5.92 Å². The molecule has 0 saturated carbocycles. The quantitative estimate of drug-likeness (QED) is 0.801. The highest BCUT2D eigenvalue weighted by Gasteiger charge is 2.22. The van der Waals surface area contributed by atoms with Gasteiger partial charge in [0.05, 0.1) is 5.56 Å². The van der Waals surface area contributed by atoms with Gasteiger partial charge in [0, 0.05) is 19.3 Å². The van der Waals surface area contributed by atoms with Crippen molar-refractivity contribution in [2.24, 2.45) is 5.92 Å². The van der Waals surface area contributed by atoms with Crippen molar-refractivity contribution >= 4 is 17.7 Å². The van der Waals surface area contributed by atoms with Crippen LogP contribution in [0.3, 0.4) is 0 Å². The number of amides is 1. The molecule has 1 aromatic rings. The Labute approximate surface area is 143 Å². The van der Waals surface area contributed by atoms with Gasteiger partial charge in [-0.25, -0.2) is 9.78 Å². The Morgan fingerprint density at radius 3 is 2.62 bits per heavy atom. The number of anilines is 1. The molecule has 6 heteroatoms. The summed E-state index contributed by atoms with van der Waals surface area (Å²) in [5, 5.41) is 12.2. The van der Waals surface area contributed by atoms with Gasteiger partial charge in [-0.1, -0.05) is 26.7 Å². The second kappa shape index (κ2) is 8.66. The van der Waals surface area contributed by atoms with Crippen LogP contribution in [0.1, 0.15) is 56.3 Å². The number of carbonyl (C=O) groups excluding carboxylic acids is 1. The third-order valence-electron chi connectivity index (χ3n) is 4.55. The Hall–Kier alpha value is -2.11. The Morgan fingerprint density at radius 1 is 1.38 bits per heavy atom. The molecule has 1 saturated heterocycles. The number of piperidine rings is 1. The van der Waals surface area contributed by atoms with Gasteiger partial charge in [0.1, 0.15) is 11.9 Å². The highest BCUT2D eigenvalue weighted by molar-refractivity contribution is 5.94. The first kappa shape index (κ1) is 18.2. The number of hydrogen-bond donors (Lipinski definition) is 2. The van der Waals surface area contributed by atoms with Crippen LogP contribution in [0.2, 0.25) is 0 Å². The maximum Gasteiger partial charge on any atom is 0.326 e.